The largest absolute Gasteiger partial charge is 0.465 e. The summed E-state index contributed by atoms with van der Waals surface area (Å²) < 4.78 is 5.82. The van der Waals surface area contributed by atoms with Gasteiger partial charge in [0, 0.05) is 43.9 Å². The van der Waals surface area contributed by atoms with E-state index in [1.165, 1.54) is 0 Å². The van der Waals surface area contributed by atoms with Crippen LogP contribution in [-0.4, -0.2) is 83.9 Å². The van der Waals surface area contributed by atoms with E-state index in [2.05, 4.69) is 16.4 Å². The number of Topliss-reactive ketones (excluding diaryl/α,β-unsaturated/α-hetero) is 2. The molecule has 2 saturated heterocycles. The number of primary amides is 1. The first-order valence-corrected chi connectivity index (χ1v) is 8.92. The third kappa shape index (κ3) is 2.70. The van der Waals surface area contributed by atoms with Crippen molar-refractivity contribution in [3.63, 3.8) is 0 Å². The summed E-state index contributed by atoms with van der Waals surface area (Å²) >= 11 is 0. The number of allylic oxidation sites excluding steroid dienone is 2. The van der Waals surface area contributed by atoms with Crippen molar-refractivity contribution < 1.29 is 29.3 Å². The summed E-state index contributed by atoms with van der Waals surface area (Å²) in [7, 11) is 1.57. The number of carboxylic acid groups (broad SMARTS) is 1. The molecule has 0 spiro atoms. The Morgan fingerprint density at radius 2 is 2.07 bits per heavy atom. The van der Waals surface area contributed by atoms with E-state index in [9.17, 15) is 14.7 Å². The minimum Gasteiger partial charge on any atom is -0.465 e. The van der Waals surface area contributed by atoms with Crippen LogP contribution in [0.25, 0.3) is 0 Å². The van der Waals surface area contributed by atoms with Crippen LogP contribution in [-0.2, 0) is 14.3 Å². The maximum Gasteiger partial charge on any atom is 0.402 e. The number of fused-ring (bicyclic) bond motifs is 4. The minimum absolute atomic E-state index is 0.0200. The van der Waals surface area contributed by atoms with Gasteiger partial charge < -0.3 is 42.0 Å². The van der Waals surface area contributed by atoms with Gasteiger partial charge in [-0.2, -0.15) is 0 Å². The first-order valence-electron chi connectivity index (χ1n) is 8.92. The molecule has 1 aliphatic carbocycles. The smallest absolute Gasteiger partial charge is 0.402 e. The molecule has 3 aliphatic heterocycles. The summed E-state index contributed by atoms with van der Waals surface area (Å²) in [5, 5.41) is 23.5. The van der Waals surface area contributed by atoms with Gasteiger partial charge in [0.25, 0.3) is 0 Å². The zero-order valence-electron chi connectivity index (χ0n) is 15.7. The lowest BCUT2D eigenvalue weighted by atomic mass is 9.82. The van der Waals surface area contributed by atoms with Crippen molar-refractivity contribution in [1.29, 1.82) is 0 Å². The molecule has 154 valence electrons. The van der Waals surface area contributed by atoms with Gasteiger partial charge in [-0.3, -0.25) is 9.59 Å². The van der Waals surface area contributed by atoms with Crippen LogP contribution < -0.4 is 22.1 Å². The van der Waals surface area contributed by atoms with E-state index in [4.69, 9.17) is 20.4 Å². The van der Waals surface area contributed by atoms with Gasteiger partial charge in [0.2, 0.25) is 11.6 Å². The molecule has 1 amide bonds. The molecule has 3 heterocycles. The van der Waals surface area contributed by atoms with Crippen molar-refractivity contribution in [2.45, 2.75) is 24.7 Å². The molecule has 0 saturated carbocycles. The van der Waals surface area contributed by atoms with E-state index in [1.54, 1.807) is 14.0 Å². The molecular weight excluding hydrogens is 370 g/mol. The maximum absolute atomic E-state index is 13.1. The van der Waals surface area contributed by atoms with Crippen LogP contribution >= 0.6 is 0 Å². The molecule has 11 heteroatoms. The molecule has 4 rings (SSSR count). The van der Waals surface area contributed by atoms with Gasteiger partial charge in [0.05, 0.1) is 30.0 Å². The van der Waals surface area contributed by atoms with Gasteiger partial charge in [-0.25, -0.2) is 4.79 Å². The average molecular weight is 395 g/mol. The van der Waals surface area contributed by atoms with Crippen LogP contribution in [0.4, 0.5) is 4.79 Å². The fourth-order valence-corrected chi connectivity index (χ4v) is 4.55. The number of carbonyl (C=O) groups excluding carboxylic acids is 2. The standard InChI is InChI=1S/C16H22N4O4.CH3NO2/c1-7-11(18-4-3-17)14(23)10-8(6-21)16(24-2)15-9(19-15)5-20(16)12(10)13(7)22;2-1(3)4/h8-9,15,18-19,21H,3-6,17H2,1-2H3;2H2,(H,3,4). The van der Waals surface area contributed by atoms with Crippen molar-refractivity contribution in [3.05, 3.63) is 22.5 Å². The van der Waals surface area contributed by atoms with Crippen molar-refractivity contribution in [2.75, 3.05) is 33.4 Å². The predicted molar refractivity (Wildman–Crippen MR) is 96.7 cm³/mol. The fraction of sp³-hybridized carbons (Fsp3) is 0.588. The van der Waals surface area contributed by atoms with Gasteiger partial charge in [0.1, 0.15) is 0 Å². The Balaban J connectivity index is 0.000000516. The Kier molecular flexibility index (Phi) is 5.19. The van der Waals surface area contributed by atoms with Gasteiger partial charge >= 0.3 is 6.09 Å². The van der Waals surface area contributed by atoms with Crippen molar-refractivity contribution >= 4 is 17.7 Å². The molecule has 4 atom stereocenters. The molecule has 4 unspecified atom stereocenters. The molecule has 0 aromatic carbocycles. The summed E-state index contributed by atoms with van der Waals surface area (Å²) in [6.07, 6.45) is -1.33. The SMILES string of the molecule is COC12C(CO)C3=C(C(=O)C(C)=C(NCCN)C3=O)N1CC1NC12.NC(=O)O. The number of ketones is 2. The summed E-state index contributed by atoms with van der Waals surface area (Å²) in [5.74, 6) is -0.970. The second-order valence-electron chi connectivity index (χ2n) is 7.03. The molecule has 4 aliphatic rings. The third-order valence-corrected chi connectivity index (χ3v) is 5.66. The number of nitrogens with one attached hydrogen (secondary N) is 2. The molecule has 2 fully saturated rings. The van der Waals surface area contributed by atoms with Gasteiger partial charge in [-0.05, 0) is 6.92 Å². The molecular formula is C17H25N5O6. The third-order valence-electron chi connectivity index (χ3n) is 5.66. The molecule has 0 bridgehead atoms. The number of methoxy groups -OCH3 is 1. The second kappa shape index (κ2) is 7.17. The zero-order chi connectivity index (χ0) is 20.8. The average Bonchev–Trinajstić information content (AvgIpc) is 3.25. The van der Waals surface area contributed by atoms with E-state index in [1.807, 2.05) is 4.90 Å². The van der Waals surface area contributed by atoms with Crippen LogP contribution in [0.1, 0.15) is 6.92 Å². The van der Waals surface area contributed by atoms with Crippen LogP contribution in [0, 0.1) is 5.92 Å². The Labute approximate surface area is 161 Å². The Morgan fingerprint density at radius 3 is 2.61 bits per heavy atom. The van der Waals surface area contributed by atoms with Gasteiger partial charge in [-0.1, -0.05) is 0 Å². The lowest BCUT2D eigenvalue weighted by Gasteiger charge is -2.39. The molecule has 8 N–H and O–H groups in total. The van der Waals surface area contributed by atoms with E-state index in [0.717, 1.165) is 0 Å². The monoisotopic (exact) mass is 395 g/mol. The number of amides is 1. The normalized spacial score (nSPS) is 32.6. The highest BCUT2D eigenvalue weighted by Crippen LogP contribution is 2.55. The van der Waals surface area contributed by atoms with E-state index < -0.39 is 17.7 Å². The zero-order valence-corrected chi connectivity index (χ0v) is 15.7. The highest BCUT2D eigenvalue weighted by molar-refractivity contribution is 6.25. The predicted octanol–water partition coefficient (Wildman–Crippen LogP) is -2.54. The van der Waals surface area contributed by atoms with Crippen LogP contribution in [0.15, 0.2) is 22.5 Å². The highest BCUT2D eigenvalue weighted by Gasteiger charge is 2.72. The number of ether oxygens (including phenoxy) is 1. The topological polar surface area (TPSA) is 190 Å². The Bertz CT molecular complexity index is 789. The molecule has 28 heavy (non-hydrogen) atoms. The lowest BCUT2D eigenvalue weighted by Crippen LogP contribution is -2.54. The van der Waals surface area contributed by atoms with Gasteiger partial charge in [-0.15, -0.1) is 0 Å². The second-order valence-corrected chi connectivity index (χ2v) is 7.03. The van der Waals surface area contributed by atoms with Gasteiger partial charge in [0.15, 0.2) is 5.72 Å². The minimum atomic E-state index is -1.33. The number of nitrogens with two attached hydrogens (primary N) is 2. The number of nitrogens with zero attached hydrogens (tertiary/aromatic N) is 1. The maximum atomic E-state index is 13.1. The van der Waals surface area contributed by atoms with Crippen LogP contribution in [0.3, 0.4) is 0 Å². The van der Waals surface area contributed by atoms with Crippen molar-refractivity contribution in [3.8, 4) is 0 Å². The van der Waals surface area contributed by atoms with Crippen molar-refractivity contribution in [1.82, 2.24) is 15.5 Å². The molecule has 0 radical (unpaired) electrons. The quantitative estimate of drug-likeness (QED) is 0.213. The summed E-state index contributed by atoms with van der Waals surface area (Å²) in [4.78, 5) is 36.7. The number of hydrogen-bond acceptors (Lipinski definition) is 9. The van der Waals surface area contributed by atoms with Crippen molar-refractivity contribution in [2.24, 2.45) is 17.4 Å². The fourth-order valence-electron chi connectivity index (χ4n) is 4.55. The highest BCUT2D eigenvalue weighted by atomic mass is 16.5. The number of aliphatic hydroxyl groups is 1. The summed E-state index contributed by atoms with van der Waals surface area (Å²) in [5.41, 5.74) is 10.1. The Morgan fingerprint density at radius 1 is 1.43 bits per heavy atom. The molecule has 0 aromatic heterocycles. The first-order chi connectivity index (χ1) is 13.3. The number of aliphatic hydroxyl groups excluding tert-OH is 1. The molecule has 11 nitrogen and oxygen atoms in total. The summed E-state index contributed by atoms with van der Waals surface area (Å²) in [6, 6.07) is 0.253. The molecule has 0 aromatic rings. The number of rotatable bonds is 5. The number of hydrogen-bond donors (Lipinski definition) is 6. The summed E-state index contributed by atoms with van der Waals surface area (Å²) in [6.45, 7) is 2.76. The Hall–Kier alpha value is -2.47. The first kappa shape index (κ1) is 20.3. The van der Waals surface area contributed by atoms with Crippen LogP contribution in [0.2, 0.25) is 0 Å². The van der Waals surface area contributed by atoms with E-state index in [0.29, 0.717) is 36.5 Å². The lowest BCUT2D eigenvalue weighted by molar-refractivity contribution is -0.137. The van der Waals surface area contributed by atoms with Crippen LogP contribution in [0.5, 0.6) is 0 Å². The number of piperazine rings is 1. The van der Waals surface area contributed by atoms with E-state index in [-0.39, 0.29) is 36.0 Å². The van der Waals surface area contributed by atoms with E-state index >= 15 is 0 Å². The number of carbonyl (C=O) groups is 3.